The normalized spacial score (nSPS) is 11.0. The Labute approximate surface area is 148 Å². The van der Waals surface area contributed by atoms with Crippen LogP contribution in [-0.2, 0) is 9.53 Å². The number of carboxylic acids is 1. The van der Waals surface area contributed by atoms with E-state index in [0.717, 1.165) is 0 Å². The predicted molar refractivity (Wildman–Crippen MR) is 93.6 cm³/mol. The van der Waals surface area contributed by atoms with Gasteiger partial charge in [0, 0.05) is 31.3 Å². The van der Waals surface area contributed by atoms with E-state index in [1.807, 2.05) is 20.8 Å². The van der Waals surface area contributed by atoms with Crippen LogP contribution < -0.4 is 5.32 Å². The third kappa shape index (κ3) is 7.34. The Kier molecular flexibility index (Phi) is 7.57. The van der Waals surface area contributed by atoms with Crippen molar-refractivity contribution in [2.75, 3.05) is 33.4 Å². The molecule has 0 aliphatic rings. The minimum atomic E-state index is -1.09. The van der Waals surface area contributed by atoms with E-state index in [9.17, 15) is 14.4 Å². The van der Waals surface area contributed by atoms with Crippen molar-refractivity contribution in [2.45, 2.75) is 20.8 Å². The topological polar surface area (TPSA) is 95.9 Å². The number of aliphatic carboxylic acids is 1. The first-order chi connectivity index (χ1) is 11.6. The minimum Gasteiger partial charge on any atom is -0.480 e. The molecule has 2 N–H and O–H groups in total. The second-order valence-electron chi connectivity index (χ2n) is 6.93. The van der Waals surface area contributed by atoms with Crippen LogP contribution in [0.5, 0.6) is 0 Å². The zero-order valence-electron chi connectivity index (χ0n) is 15.2. The third-order valence-electron chi connectivity index (χ3n) is 3.35. The molecular weight excluding hydrogens is 324 g/mol. The molecule has 0 atom stereocenters. The molecule has 1 rings (SSSR count). The number of methoxy groups -OCH3 is 1. The van der Waals surface area contributed by atoms with Crippen molar-refractivity contribution in [3.8, 4) is 0 Å². The van der Waals surface area contributed by atoms with Crippen molar-refractivity contribution in [1.82, 2.24) is 10.2 Å². The van der Waals surface area contributed by atoms with E-state index < -0.39 is 18.4 Å². The molecule has 0 saturated heterocycles. The van der Waals surface area contributed by atoms with Crippen LogP contribution in [0.1, 0.15) is 41.5 Å². The lowest BCUT2D eigenvalue weighted by Gasteiger charge is -2.20. The van der Waals surface area contributed by atoms with Crippen LogP contribution in [-0.4, -0.2) is 61.1 Å². The number of hydrogen-bond donors (Lipinski definition) is 2. The SMILES string of the molecule is COCCN(CC(=O)O)C(=O)c1ccc(C(=O)NCC(C)(C)C)cc1. The molecule has 1 aromatic rings. The minimum absolute atomic E-state index is 0.0236. The van der Waals surface area contributed by atoms with Gasteiger partial charge in [-0.1, -0.05) is 20.8 Å². The van der Waals surface area contributed by atoms with Crippen molar-refractivity contribution < 1.29 is 24.2 Å². The maximum absolute atomic E-state index is 12.4. The van der Waals surface area contributed by atoms with E-state index in [0.29, 0.717) is 17.7 Å². The first-order valence-electron chi connectivity index (χ1n) is 8.02. The van der Waals surface area contributed by atoms with Gasteiger partial charge in [0.05, 0.1) is 6.61 Å². The number of amides is 2. The third-order valence-corrected chi connectivity index (χ3v) is 3.35. The number of ether oxygens (including phenoxy) is 1. The molecule has 0 radical (unpaired) electrons. The fourth-order valence-corrected chi connectivity index (χ4v) is 2.01. The Bertz CT molecular complexity index is 605. The number of carboxylic acid groups (broad SMARTS) is 1. The van der Waals surface area contributed by atoms with Crippen LogP contribution in [0.4, 0.5) is 0 Å². The second-order valence-corrected chi connectivity index (χ2v) is 6.93. The van der Waals surface area contributed by atoms with E-state index in [1.54, 1.807) is 12.1 Å². The van der Waals surface area contributed by atoms with Gasteiger partial charge in [-0.25, -0.2) is 0 Å². The van der Waals surface area contributed by atoms with Crippen molar-refractivity contribution in [3.63, 3.8) is 0 Å². The van der Waals surface area contributed by atoms with Gasteiger partial charge in [-0.3, -0.25) is 14.4 Å². The fourth-order valence-electron chi connectivity index (χ4n) is 2.01. The van der Waals surface area contributed by atoms with Crippen molar-refractivity contribution in [3.05, 3.63) is 35.4 Å². The van der Waals surface area contributed by atoms with Gasteiger partial charge in [0.2, 0.25) is 0 Å². The van der Waals surface area contributed by atoms with Crippen molar-refractivity contribution >= 4 is 17.8 Å². The molecule has 0 aliphatic heterocycles. The highest BCUT2D eigenvalue weighted by Gasteiger charge is 2.19. The summed E-state index contributed by atoms with van der Waals surface area (Å²) in [5.74, 6) is -1.72. The van der Waals surface area contributed by atoms with Crippen molar-refractivity contribution in [2.24, 2.45) is 5.41 Å². The maximum atomic E-state index is 12.4. The summed E-state index contributed by atoms with van der Waals surface area (Å²) >= 11 is 0. The summed E-state index contributed by atoms with van der Waals surface area (Å²) in [6.45, 7) is 6.61. The lowest BCUT2D eigenvalue weighted by Crippen LogP contribution is -2.38. The van der Waals surface area contributed by atoms with Crippen LogP contribution in [0.2, 0.25) is 0 Å². The van der Waals surface area contributed by atoms with Crippen LogP contribution in [0.25, 0.3) is 0 Å². The lowest BCUT2D eigenvalue weighted by atomic mass is 9.97. The standard InChI is InChI=1S/C18H26N2O5/c1-18(2,3)12-19-16(23)13-5-7-14(8-6-13)17(24)20(9-10-25-4)11-15(21)22/h5-8H,9-12H2,1-4H3,(H,19,23)(H,21,22). The van der Waals surface area contributed by atoms with E-state index >= 15 is 0 Å². The van der Waals surface area contributed by atoms with Gasteiger partial charge in [-0.05, 0) is 29.7 Å². The first-order valence-corrected chi connectivity index (χ1v) is 8.02. The molecule has 0 spiro atoms. The molecule has 2 amide bonds. The number of nitrogens with one attached hydrogen (secondary N) is 1. The molecule has 0 heterocycles. The average molecular weight is 350 g/mol. The molecule has 0 unspecified atom stereocenters. The Balaban J connectivity index is 2.80. The van der Waals surface area contributed by atoms with Crippen LogP contribution >= 0.6 is 0 Å². The Morgan fingerprint density at radius 1 is 1.12 bits per heavy atom. The Morgan fingerprint density at radius 3 is 2.16 bits per heavy atom. The Hall–Kier alpha value is -2.41. The van der Waals surface area contributed by atoms with Crippen LogP contribution in [0.3, 0.4) is 0 Å². The van der Waals surface area contributed by atoms with E-state index in [1.165, 1.54) is 24.1 Å². The highest BCUT2D eigenvalue weighted by Crippen LogP contribution is 2.12. The summed E-state index contributed by atoms with van der Waals surface area (Å²) in [4.78, 5) is 36.6. The van der Waals surface area contributed by atoms with E-state index in [2.05, 4.69) is 5.32 Å². The zero-order chi connectivity index (χ0) is 19.0. The molecule has 0 bridgehead atoms. The van der Waals surface area contributed by atoms with Gasteiger partial charge in [-0.15, -0.1) is 0 Å². The summed E-state index contributed by atoms with van der Waals surface area (Å²) in [7, 11) is 1.48. The molecular formula is C18H26N2O5. The molecule has 138 valence electrons. The van der Waals surface area contributed by atoms with Crippen LogP contribution in [0, 0.1) is 5.41 Å². The van der Waals surface area contributed by atoms with Crippen LogP contribution in [0.15, 0.2) is 24.3 Å². The highest BCUT2D eigenvalue weighted by atomic mass is 16.5. The number of benzene rings is 1. The average Bonchev–Trinajstić information content (AvgIpc) is 2.55. The molecule has 7 nitrogen and oxygen atoms in total. The number of nitrogens with zero attached hydrogens (tertiary/aromatic N) is 1. The summed E-state index contributed by atoms with van der Waals surface area (Å²) in [6, 6.07) is 6.16. The van der Waals surface area contributed by atoms with Gasteiger partial charge in [0.25, 0.3) is 11.8 Å². The maximum Gasteiger partial charge on any atom is 0.323 e. The molecule has 0 aromatic heterocycles. The molecule has 0 saturated carbocycles. The highest BCUT2D eigenvalue weighted by molar-refractivity contribution is 5.98. The van der Waals surface area contributed by atoms with Crippen molar-refractivity contribution in [1.29, 1.82) is 0 Å². The monoisotopic (exact) mass is 350 g/mol. The van der Waals surface area contributed by atoms with Gasteiger partial charge in [0.1, 0.15) is 6.54 Å². The number of hydrogen-bond acceptors (Lipinski definition) is 4. The number of carbonyl (C=O) groups excluding carboxylic acids is 2. The predicted octanol–water partition coefficient (Wildman–Crippen LogP) is 1.64. The molecule has 25 heavy (non-hydrogen) atoms. The molecule has 7 heteroatoms. The van der Waals surface area contributed by atoms with Gasteiger partial charge >= 0.3 is 5.97 Å². The summed E-state index contributed by atoms with van der Waals surface area (Å²) < 4.78 is 4.91. The first kappa shape index (κ1) is 20.6. The van der Waals surface area contributed by atoms with E-state index in [4.69, 9.17) is 9.84 Å². The lowest BCUT2D eigenvalue weighted by molar-refractivity contribution is -0.137. The van der Waals surface area contributed by atoms with Gasteiger partial charge < -0.3 is 20.1 Å². The Morgan fingerprint density at radius 2 is 1.68 bits per heavy atom. The molecule has 0 aliphatic carbocycles. The quantitative estimate of drug-likeness (QED) is 0.743. The van der Waals surface area contributed by atoms with Gasteiger partial charge in [-0.2, -0.15) is 0 Å². The molecule has 0 fully saturated rings. The number of rotatable bonds is 8. The fraction of sp³-hybridized carbons (Fsp3) is 0.500. The molecule has 1 aromatic carbocycles. The summed E-state index contributed by atoms with van der Waals surface area (Å²) in [5, 5.41) is 11.8. The zero-order valence-corrected chi connectivity index (χ0v) is 15.2. The largest absolute Gasteiger partial charge is 0.480 e. The smallest absolute Gasteiger partial charge is 0.323 e. The second kappa shape index (κ2) is 9.17. The van der Waals surface area contributed by atoms with E-state index in [-0.39, 0.29) is 24.5 Å². The van der Waals surface area contributed by atoms with Gasteiger partial charge in [0.15, 0.2) is 0 Å². The number of carbonyl (C=O) groups is 3. The summed E-state index contributed by atoms with van der Waals surface area (Å²) in [5.41, 5.74) is 0.747. The summed E-state index contributed by atoms with van der Waals surface area (Å²) in [6.07, 6.45) is 0.